The molecule has 2 aromatic carbocycles. The van der Waals surface area contributed by atoms with Gasteiger partial charge in [-0.25, -0.2) is 19.9 Å². The molecule has 5 rings (SSSR count). The minimum absolute atomic E-state index is 0.0379. The summed E-state index contributed by atoms with van der Waals surface area (Å²) in [6, 6.07) is 13.4. The SMILES string of the molecule is Cc1nc2ccccc2n1Cc1cc(NC(=O)Cn2cnc3c(N)ncnc32)ccc1Cl. The number of aryl methyl sites for hydroxylation is 1. The van der Waals surface area contributed by atoms with Gasteiger partial charge in [0.1, 0.15) is 24.2 Å². The van der Waals surface area contributed by atoms with Gasteiger partial charge in [0, 0.05) is 10.7 Å². The number of para-hydroxylation sites is 2. The molecule has 160 valence electrons. The molecular weight excluding hydrogens is 428 g/mol. The Balaban J connectivity index is 1.37. The van der Waals surface area contributed by atoms with Gasteiger partial charge in [0.15, 0.2) is 11.5 Å². The molecule has 5 aromatic rings. The smallest absolute Gasteiger partial charge is 0.244 e. The van der Waals surface area contributed by atoms with E-state index in [4.69, 9.17) is 17.3 Å². The van der Waals surface area contributed by atoms with Crippen molar-refractivity contribution >= 4 is 51.2 Å². The zero-order valence-electron chi connectivity index (χ0n) is 17.2. The first-order valence-corrected chi connectivity index (χ1v) is 10.3. The largest absolute Gasteiger partial charge is 0.382 e. The fraction of sp³-hybridized carbons (Fsp3) is 0.136. The second-order valence-electron chi connectivity index (χ2n) is 7.39. The van der Waals surface area contributed by atoms with Crippen LogP contribution in [-0.2, 0) is 17.9 Å². The van der Waals surface area contributed by atoms with Gasteiger partial charge in [-0.05, 0) is 42.8 Å². The van der Waals surface area contributed by atoms with Crippen molar-refractivity contribution in [2.75, 3.05) is 11.1 Å². The van der Waals surface area contributed by atoms with Crippen molar-refractivity contribution in [2.45, 2.75) is 20.0 Å². The molecule has 3 N–H and O–H groups in total. The molecule has 0 radical (unpaired) electrons. The first-order valence-electron chi connectivity index (χ1n) is 9.91. The van der Waals surface area contributed by atoms with Gasteiger partial charge in [0.05, 0.1) is 23.9 Å². The second kappa shape index (κ2) is 7.93. The number of benzene rings is 2. The van der Waals surface area contributed by atoms with Crippen molar-refractivity contribution in [1.29, 1.82) is 0 Å². The van der Waals surface area contributed by atoms with Crippen molar-refractivity contribution < 1.29 is 4.79 Å². The molecule has 0 unspecified atom stereocenters. The average molecular weight is 447 g/mol. The van der Waals surface area contributed by atoms with Crippen molar-refractivity contribution in [1.82, 2.24) is 29.1 Å². The number of anilines is 2. The third-order valence-electron chi connectivity index (χ3n) is 5.25. The number of fused-ring (bicyclic) bond motifs is 2. The number of nitrogen functional groups attached to an aromatic ring is 1. The number of imidazole rings is 2. The number of nitrogens with one attached hydrogen (secondary N) is 1. The maximum atomic E-state index is 12.7. The van der Waals surface area contributed by atoms with E-state index in [1.54, 1.807) is 16.7 Å². The van der Waals surface area contributed by atoms with E-state index in [-0.39, 0.29) is 18.3 Å². The summed E-state index contributed by atoms with van der Waals surface area (Å²) in [7, 11) is 0. The van der Waals surface area contributed by atoms with Crippen molar-refractivity contribution in [3.05, 3.63) is 71.5 Å². The van der Waals surface area contributed by atoms with E-state index in [2.05, 4.69) is 29.8 Å². The van der Waals surface area contributed by atoms with Crippen LogP contribution < -0.4 is 11.1 Å². The number of nitrogens with zero attached hydrogens (tertiary/aromatic N) is 6. The van der Waals surface area contributed by atoms with E-state index >= 15 is 0 Å². The minimum Gasteiger partial charge on any atom is -0.382 e. The topological polar surface area (TPSA) is 117 Å². The molecule has 0 saturated heterocycles. The van der Waals surface area contributed by atoms with E-state index in [0.29, 0.717) is 28.4 Å². The molecule has 32 heavy (non-hydrogen) atoms. The Bertz CT molecular complexity index is 1470. The Morgan fingerprint density at radius 2 is 2.00 bits per heavy atom. The standard InChI is InChI=1S/C22H19ClN8O/c1-13-28-17-4-2-3-5-18(17)31(13)9-14-8-15(6-7-16(14)23)29-19(32)10-30-12-27-20-21(24)25-11-26-22(20)30/h2-8,11-12H,9-10H2,1H3,(H,29,32)(H2,24,25,26). The summed E-state index contributed by atoms with van der Waals surface area (Å²) in [5.74, 6) is 0.947. The molecule has 3 aromatic heterocycles. The highest BCUT2D eigenvalue weighted by atomic mass is 35.5. The van der Waals surface area contributed by atoms with Crippen molar-refractivity contribution in [3.8, 4) is 0 Å². The summed E-state index contributed by atoms with van der Waals surface area (Å²) >= 11 is 6.46. The molecule has 0 aliphatic heterocycles. The molecule has 9 nitrogen and oxygen atoms in total. The summed E-state index contributed by atoms with van der Waals surface area (Å²) < 4.78 is 3.73. The molecule has 0 aliphatic rings. The van der Waals surface area contributed by atoms with Crippen LogP contribution in [0, 0.1) is 6.92 Å². The van der Waals surface area contributed by atoms with E-state index in [9.17, 15) is 4.79 Å². The molecule has 0 aliphatic carbocycles. The predicted octanol–water partition coefficient (Wildman–Crippen LogP) is 3.41. The Morgan fingerprint density at radius 3 is 2.88 bits per heavy atom. The Hall–Kier alpha value is -3.98. The van der Waals surface area contributed by atoms with Crippen LogP contribution in [0.25, 0.3) is 22.2 Å². The number of carbonyl (C=O) groups is 1. The minimum atomic E-state index is -0.223. The fourth-order valence-corrected chi connectivity index (χ4v) is 3.89. The molecule has 0 spiro atoms. The Labute approximate surface area is 187 Å². The summed E-state index contributed by atoms with van der Waals surface area (Å²) in [5, 5.41) is 3.53. The van der Waals surface area contributed by atoms with Crippen LogP contribution in [0.5, 0.6) is 0 Å². The quantitative estimate of drug-likeness (QED) is 0.427. The molecule has 0 fully saturated rings. The van der Waals surface area contributed by atoms with Gasteiger partial charge in [-0.2, -0.15) is 0 Å². The maximum Gasteiger partial charge on any atom is 0.244 e. The number of nitrogens with two attached hydrogens (primary N) is 1. The van der Waals surface area contributed by atoms with Crippen LogP contribution in [0.2, 0.25) is 5.02 Å². The van der Waals surface area contributed by atoms with Crippen LogP contribution >= 0.6 is 11.6 Å². The van der Waals surface area contributed by atoms with Crippen LogP contribution in [0.1, 0.15) is 11.4 Å². The number of rotatable bonds is 5. The number of amides is 1. The lowest BCUT2D eigenvalue weighted by Gasteiger charge is -2.12. The number of hydrogen-bond donors (Lipinski definition) is 2. The monoisotopic (exact) mass is 446 g/mol. The lowest BCUT2D eigenvalue weighted by atomic mass is 10.2. The Kier molecular flexibility index (Phi) is 4.95. The number of aromatic nitrogens is 6. The van der Waals surface area contributed by atoms with Gasteiger partial charge in [0.2, 0.25) is 5.91 Å². The maximum absolute atomic E-state index is 12.7. The van der Waals surface area contributed by atoms with Crippen LogP contribution in [-0.4, -0.2) is 35.0 Å². The lowest BCUT2D eigenvalue weighted by molar-refractivity contribution is -0.116. The van der Waals surface area contributed by atoms with Gasteiger partial charge < -0.3 is 20.2 Å². The summed E-state index contributed by atoms with van der Waals surface area (Å²) in [6.45, 7) is 2.54. The number of carbonyl (C=O) groups excluding carboxylic acids is 1. The third kappa shape index (κ3) is 3.63. The van der Waals surface area contributed by atoms with Crippen LogP contribution in [0.4, 0.5) is 11.5 Å². The normalized spacial score (nSPS) is 11.3. The summed E-state index contributed by atoms with van der Waals surface area (Å²) in [4.78, 5) is 29.5. The van der Waals surface area contributed by atoms with Crippen LogP contribution in [0.15, 0.2) is 55.1 Å². The van der Waals surface area contributed by atoms with E-state index < -0.39 is 0 Å². The van der Waals surface area contributed by atoms with Gasteiger partial charge in [-0.1, -0.05) is 23.7 Å². The molecule has 3 heterocycles. The summed E-state index contributed by atoms with van der Waals surface area (Å²) in [5.41, 5.74) is 10.3. The van der Waals surface area contributed by atoms with E-state index in [1.807, 2.05) is 37.3 Å². The van der Waals surface area contributed by atoms with Gasteiger partial charge in [-0.3, -0.25) is 4.79 Å². The van der Waals surface area contributed by atoms with Crippen LogP contribution in [0.3, 0.4) is 0 Å². The molecular formula is C22H19ClN8O. The van der Waals surface area contributed by atoms with Gasteiger partial charge in [-0.15, -0.1) is 0 Å². The molecule has 10 heteroatoms. The molecule has 0 atom stereocenters. The van der Waals surface area contributed by atoms with Gasteiger partial charge >= 0.3 is 0 Å². The summed E-state index contributed by atoms with van der Waals surface area (Å²) in [6.07, 6.45) is 2.87. The van der Waals surface area contributed by atoms with E-state index in [0.717, 1.165) is 22.4 Å². The highest BCUT2D eigenvalue weighted by molar-refractivity contribution is 6.31. The molecule has 0 saturated carbocycles. The third-order valence-corrected chi connectivity index (χ3v) is 5.62. The first kappa shape index (κ1) is 20.0. The van der Waals surface area contributed by atoms with Crippen molar-refractivity contribution in [2.24, 2.45) is 0 Å². The second-order valence-corrected chi connectivity index (χ2v) is 7.80. The van der Waals surface area contributed by atoms with Crippen molar-refractivity contribution in [3.63, 3.8) is 0 Å². The lowest BCUT2D eigenvalue weighted by Crippen LogP contribution is -2.18. The predicted molar refractivity (Wildman–Crippen MR) is 123 cm³/mol. The fourth-order valence-electron chi connectivity index (χ4n) is 3.71. The Morgan fingerprint density at radius 1 is 1.16 bits per heavy atom. The molecule has 1 amide bonds. The number of halogens is 1. The first-order chi connectivity index (χ1) is 15.5. The zero-order chi connectivity index (χ0) is 22.2. The van der Waals surface area contributed by atoms with Gasteiger partial charge in [0.25, 0.3) is 0 Å². The number of hydrogen-bond acceptors (Lipinski definition) is 6. The highest BCUT2D eigenvalue weighted by Crippen LogP contribution is 2.25. The van der Waals surface area contributed by atoms with E-state index in [1.165, 1.54) is 12.7 Å². The highest BCUT2D eigenvalue weighted by Gasteiger charge is 2.13. The zero-order valence-corrected chi connectivity index (χ0v) is 17.9. The average Bonchev–Trinajstić information content (AvgIpc) is 3.32. The molecule has 0 bridgehead atoms.